The Balaban J connectivity index is 2.07. The summed E-state index contributed by atoms with van der Waals surface area (Å²) in [5.74, 6) is 0.533. The standard InChI is InChI=1S/C14H14FNS/c1-10-5-6-14(13(16)7-10)17-9-11-3-2-4-12(15)8-11/h2-8H,9,16H2,1H3. The lowest BCUT2D eigenvalue weighted by atomic mass is 10.2. The fraction of sp³-hybridized carbons (Fsp3) is 0.143. The van der Waals surface area contributed by atoms with Crippen LogP contribution in [-0.2, 0) is 5.75 Å². The van der Waals surface area contributed by atoms with Crippen molar-refractivity contribution >= 4 is 17.4 Å². The molecule has 17 heavy (non-hydrogen) atoms. The number of nitrogens with two attached hydrogens (primary N) is 1. The van der Waals surface area contributed by atoms with Crippen molar-refractivity contribution in [2.75, 3.05) is 5.73 Å². The van der Waals surface area contributed by atoms with E-state index < -0.39 is 0 Å². The highest BCUT2D eigenvalue weighted by molar-refractivity contribution is 7.98. The van der Waals surface area contributed by atoms with Gasteiger partial charge < -0.3 is 5.73 Å². The average molecular weight is 247 g/mol. The number of hydrogen-bond acceptors (Lipinski definition) is 2. The summed E-state index contributed by atoms with van der Waals surface area (Å²) >= 11 is 1.63. The second-order valence-electron chi connectivity index (χ2n) is 3.96. The van der Waals surface area contributed by atoms with Crippen molar-refractivity contribution in [2.45, 2.75) is 17.6 Å². The molecule has 0 aliphatic heterocycles. The molecule has 0 saturated heterocycles. The minimum absolute atomic E-state index is 0.194. The molecule has 0 saturated carbocycles. The Bertz CT molecular complexity index is 525. The third-order valence-corrected chi connectivity index (χ3v) is 3.61. The maximum Gasteiger partial charge on any atom is 0.123 e. The van der Waals surface area contributed by atoms with Gasteiger partial charge in [0.25, 0.3) is 0 Å². The van der Waals surface area contributed by atoms with E-state index in [1.165, 1.54) is 6.07 Å². The Labute approximate surface area is 105 Å². The highest BCUT2D eigenvalue weighted by Crippen LogP contribution is 2.28. The Morgan fingerprint density at radius 1 is 1.18 bits per heavy atom. The molecule has 1 nitrogen and oxygen atoms in total. The zero-order valence-electron chi connectivity index (χ0n) is 9.61. The van der Waals surface area contributed by atoms with Crippen LogP contribution in [0.5, 0.6) is 0 Å². The first-order valence-corrected chi connectivity index (χ1v) is 6.37. The fourth-order valence-electron chi connectivity index (χ4n) is 1.59. The third-order valence-electron chi connectivity index (χ3n) is 2.45. The predicted octanol–water partition coefficient (Wildman–Crippen LogP) is 4.01. The van der Waals surface area contributed by atoms with Gasteiger partial charge in [-0.25, -0.2) is 4.39 Å². The number of hydrogen-bond donors (Lipinski definition) is 1. The first kappa shape index (κ1) is 12.0. The number of benzene rings is 2. The number of thioether (sulfide) groups is 1. The molecule has 2 N–H and O–H groups in total. The van der Waals surface area contributed by atoms with Crippen LogP contribution in [0.1, 0.15) is 11.1 Å². The molecule has 2 rings (SSSR count). The molecule has 0 aliphatic rings. The summed E-state index contributed by atoms with van der Waals surface area (Å²) in [7, 11) is 0. The van der Waals surface area contributed by atoms with Gasteiger partial charge in [-0.05, 0) is 42.3 Å². The third kappa shape index (κ3) is 3.24. The molecule has 0 aliphatic carbocycles. The highest BCUT2D eigenvalue weighted by atomic mass is 32.2. The van der Waals surface area contributed by atoms with E-state index >= 15 is 0 Å². The first-order chi connectivity index (χ1) is 8.15. The largest absolute Gasteiger partial charge is 0.398 e. The summed E-state index contributed by atoms with van der Waals surface area (Å²) in [5.41, 5.74) is 8.82. The maximum absolute atomic E-state index is 13.0. The molecule has 2 aromatic rings. The van der Waals surface area contributed by atoms with Crippen LogP contribution in [-0.4, -0.2) is 0 Å². The Hall–Kier alpha value is -1.48. The number of rotatable bonds is 3. The summed E-state index contributed by atoms with van der Waals surface area (Å²) in [5, 5.41) is 0. The van der Waals surface area contributed by atoms with Crippen molar-refractivity contribution in [3.63, 3.8) is 0 Å². The Morgan fingerprint density at radius 3 is 2.71 bits per heavy atom. The monoisotopic (exact) mass is 247 g/mol. The van der Waals surface area contributed by atoms with E-state index in [1.54, 1.807) is 23.9 Å². The molecule has 0 amide bonds. The Kier molecular flexibility index (Phi) is 3.69. The van der Waals surface area contributed by atoms with E-state index in [0.717, 1.165) is 27.5 Å². The van der Waals surface area contributed by atoms with Crippen LogP contribution in [0.15, 0.2) is 47.4 Å². The maximum atomic E-state index is 13.0. The minimum Gasteiger partial charge on any atom is -0.398 e. The predicted molar refractivity (Wildman–Crippen MR) is 71.6 cm³/mol. The van der Waals surface area contributed by atoms with Crippen molar-refractivity contribution in [3.8, 4) is 0 Å². The SMILES string of the molecule is Cc1ccc(SCc2cccc(F)c2)c(N)c1. The van der Waals surface area contributed by atoms with Crippen molar-refractivity contribution in [1.82, 2.24) is 0 Å². The van der Waals surface area contributed by atoms with Crippen molar-refractivity contribution < 1.29 is 4.39 Å². The van der Waals surface area contributed by atoms with Crippen LogP contribution in [0, 0.1) is 12.7 Å². The lowest BCUT2D eigenvalue weighted by Crippen LogP contribution is -1.90. The van der Waals surface area contributed by atoms with Gasteiger partial charge in [-0.2, -0.15) is 0 Å². The van der Waals surface area contributed by atoms with Gasteiger partial charge >= 0.3 is 0 Å². The van der Waals surface area contributed by atoms with Crippen LogP contribution in [0.25, 0.3) is 0 Å². The van der Waals surface area contributed by atoms with Gasteiger partial charge in [0.05, 0.1) is 0 Å². The molecule has 3 heteroatoms. The van der Waals surface area contributed by atoms with Crippen LogP contribution < -0.4 is 5.73 Å². The topological polar surface area (TPSA) is 26.0 Å². The number of anilines is 1. The molecule has 2 aromatic carbocycles. The summed E-state index contributed by atoms with van der Waals surface area (Å²) in [6, 6.07) is 12.6. The summed E-state index contributed by atoms with van der Waals surface area (Å²) in [6.07, 6.45) is 0. The van der Waals surface area contributed by atoms with Gasteiger partial charge in [-0.1, -0.05) is 18.2 Å². The van der Waals surface area contributed by atoms with Gasteiger partial charge in [0.2, 0.25) is 0 Å². The lowest BCUT2D eigenvalue weighted by molar-refractivity contribution is 0.626. The van der Waals surface area contributed by atoms with Gasteiger partial charge in [0, 0.05) is 16.3 Å². The molecule has 0 atom stereocenters. The van der Waals surface area contributed by atoms with Gasteiger partial charge in [-0.3, -0.25) is 0 Å². The molecule has 88 valence electrons. The zero-order valence-corrected chi connectivity index (χ0v) is 10.4. The van der Waals surface area contributed by atoms with Gasteiger partial charge in [-0.15, -0.1) is 11.8 Å². The smallest absolute Gasteiger partial charge is 0.123 e. The molecule has 0 spiro atoms. The average Bonchev–Trinajstić information content (AvgIpc) is 2.28. The van der Waals surface area contributed by atoms with Crippen molar-refractivity contribution in [1.29, 1.82) is 0 Å². The molecule has 0 radical (unpaired) electrons. The minimum atomic E-state index is -0.194. The number of halogens is 1. The van der Waals surface area contributed by atoms with E-state index in [-0.39, 0.29) is 5.82 Å². The molecule has 0 bridgehead atoms. The molecular weight excluding hydrogens is 233 g/mol. The van der Waals surface area contributed by atoms with Crippen LogP contribution in [0.3, 0.4) is 0 Å². The van der Waals surface area contributed by atoms with E-state index in [0.29, 0.717) is 0 Å². The fourth-order valence-corrected chi connectivity index (χ4v) is 2.48. The summed E-state index contributed by atoms with van der Waals surface area (Å²) < 4.78 is 13.0. The first-order valence-electron chi connectivity index (χ1n) is 5.38. The Morgan fingerprint density at radius 2 is 2.00 bits per heavy atom. The second-order valence-corrected chi connectivity index (χ2v) is 4.98. The zero-order chi connectivity index (χ0) is 12.3. The molecule has 0 fully saturated rings. The van der Waals surface area contributed by atoms with E-state index in [1.807, 2.05) is 31.2 Å². The molecule has 0 heterocycles. The number of aryl methyl sites for hydroxylation is 1. The molecule has 0 unspecified atom stereocenters. The molecular formula is C14H14FNS. The second kappa shape index (κ2) is 5.23. The normalized spacial score (nSPS) is 10.5. The molecule has 0 aromatic heterocycles. The lowest BCUT2D eigenvalue weighted by Gasteiger charge is -2.06. The van der Waals surface area contributed by atoms with Crippen LogP contribution in [0.4, 0.5) is 10.1 Å². The summed E-state index contributed by atoms with van der Waals surface area (Å²) in [4.78, 5) is 1.04. The van der Waals surface area contributed by atoms with E-state index in [2.05, 4.69) is 0 Å². The van der Waals surface area contributed by atoms with E-state index in [9.17, 15) is 4.39 Å². The van der Waals surface area contributed by atoms with Gasteiger partial charge in [0.15, 0.2) is 0 Å². The quantitative estimate of drug-likeness (QED) is 0.655. The van der Waals surface area contributed by atoms with Crippen LogP contribution in [0.2, 0.25) is 0 Å². The van der Waals surface area contributed by atoms with Crippen LogP contribution >= 0.6 is 11.8 Å². The van der Waals surface area contributed by atoms with Gasteiger partial charge in [0.1, 0.15) is 5.82 Å². The van der Waals surface area contributed by atoms with Crippen molar-refractivity contribution in [3.05, 3.63) is 59.4 Å². The highest BCUT2D eigenvalue weighted by Gasteiger charge is 2.01. The number of nitrogen functional groups attached to an aromatic ring is 1. The van der Waals surface area contributed by atoms with Crippen molar-refractivity contribution in [2.24, 2.45) is 0 Å². The summed E-state index contributed by atoms with van der Waals surface area (Å²) in [6.45, 7) is 2.01. The van der Waals surface area contributed by atoms with E-state index in [4.69, 9.17) is 5.73 Å².